The van der Waals surface area contributed by atoms with Gasteiger partial charge in [0.05, 0.1) is 16.6 Å². The van der Waals surface area contributed by atoms with Crippen LogP contribution in [0.1, 0.15) is 40.3 Å². The average molecular weight is 363 g/mol. The van der Waals surface area contributed by atoms with Crippen molar-refractivity contribution in [3.63, 3.8) is 0 Å². The van der Waals surface area contributed by atoms with Gasteiger partial charge in [-0.25, -0.2) is 9.97 Å². The van der Waals surface area contributed by atoms with Crippen LogP contribution in [0, 0.1) is 19.8 Å². The molecule has 1 atom stereocenters. The molecule has 1 aliphatic rings. The number of amides is 1. The Balaban J connectivity index is 1.56. The van der Waals surface area contributed by atoms with Gasteiger partial charge in [0.25, 0.3) is 5.91 Å². The van der Waals surface area contributed by atoms with Crippen molar-refractivity contribution in [2.75, 3.05) is 18.0 Å². The molecule has 1 aromatic carbocycles. The van der Waals surface area contributed by atoms with Crippen LogP contribution in [0.25, 0.3) is 11.0 Å². The molecule has 1 amide bonds. The molecule has 1 fully saturated rings. The Morgan fingerprint density at radius 2 is 2.11 bits per heavy atom. The molecule has 1 unspecified atom stereocenters. The number of aromatic amines is 1. The number of anilines is 1. The number of para-hydroxylation sites is 2. The highest BCUT2D eigenvalue weighted by Crippen LogP contribution is 2.28. The van der Waals surface area contributed by atoms with Gasteiger partial charge in [0.1, 0.15) is 11.6 Å². The zero-order chi connectivity index (χ0) is 19.0. The summed E-state index contributed by atoms with van der Waals surface area (Å²) in [7, 11) is 0. The average Bonchev–Trinajstić information content (AvgIpc) is 3.06. The first-order chi connectivity index (χ1) is 13.0. The van der Waals surface area contributed by atoms with E-state index in [1.54, 1.807) is 0 Å². The number of hydrogen-bond acceptors (Lipinski definition) is 4. The smallest absolute Gasteiger partial charge is 0.252 e. The first-order valence-electron chi connectivity index (χ1n) is 9.48. The van der Waals surface area contributed by atoms with E-state index in [0.717, 1.165) is 66.3 Å². The predicted molar refractivity (Wildman–Crippen MR) is 107 cm³/mol. The summed E-state index contributed by atoms with van der Waals surface area (Å²) in [5, 5.41) is 0. The van der Waals surface area contributed by atoms with Crippen molar-refractivity contribution in [1.82, 2.24) is 15.0 Å². The quantitative estimate of drug-likeness (QED) is 0.745. The number of piperidine rings is 1. The highest BCUT2D eigenvalue weighted by atomic mass is 16.1. The highest BCUT2D eigenvalue weighted by Gasteiger charge is 2.25. The molecule has 1 saturated heterocycles. The zero-order valence-electron chi connectivity index (χ0n) is 15.8. The number of carbonyl (C=O) groups excluding carboxylic acids is 1. The maximum atomic E-state index is 11.9. The molecule has 27 heavy (non-hydrogen) atoms. The lowest BCUT2D eigenvalue weighted by Crippen LogP contribution is -2.38. The maximum absolute atomic E-state index is 11.9. The molecule has 0 aliphatic carbocycles. The maximum Gasteiger partial charge on any atom is 0.252 e. The van der Waals surface area contributed by atoms with Crippen LogP contribution in [0.3, 0.4) is 0 Å². The number of nitrogens with two attached hydrogens (primary N) is 1. The molecule has 4 rings (SSSR count). The Labute approximate surface area is 158 Å². The third-order valence-electron chi connectivity index (χ3n) is 5.45. The van der Waals surface area contributed by atoms with Crippen LogP contribution in [0.4, 0.5) is 5.82 Å². The van der Waals surface area contributed by atoms with E-state index in [1.165, 1.54) is 0 Å². The second-order valence-electron chi connectivity index (χ2n) is 7.49. The van der Waals surface area contributed by atoms with Gasteiger partial charge >= 0.3 is 0 Å². The Morgan fingerprint density at radius 1 is 1.30 bits per heavy atom. The van der Waals surface area contributed by atoms with Crippen molar-refractivity contribution in [3.8, 4) is 0 Å². The lowest BCUT2D eigenvalue weighted by atomic mass is 9.94. The molecule has 0 bridgehead atoms. The van der Waals surface area contributed by atoms with Crippen molar-refractivity contribution in [1.29, 1.82) is 0 Å². The summed E-state index contributed by atoms with van der Waals surface area (Å²) in [5.41, 5.74) is 10.1. The Bertz CT molecular complexity index is 960. The number of carbonyl (C=O) groups is 1. The van der Waals surface area contributed by atoms with Crippen molar-refractivity contribution in [3.05, 3.63) is 53.0 Å². The molecular formula is C21H25N5O. The minimum absolute atomic E-state index is 0.417. The first-order valence-corrected chi connectivity index (χ1v) is 9.48. The minimum atomic E-state index is -0.417. The SMILES string of the molecule is Cc1cc(C(N)=O)c(N2CCCC(Cc3nc4ccccc4[nH]3)C2)nc1C. The van der Waals surface area contributed by atoms with Crippen molar-refractivity contribution in [2.24, 2.45) is 11.7 Å². The van der Waals surface area contributed by atoms with Crippen LogP contribution >= 0.6 is 0 Å². The Kier molecular flexibility index (Phi) is 4.56. The second-order valence-corrected chi connectivity index (χ2v) is 7.49. The van der Waals surface area contributed by atoms with E-state index in [-0.39, 0.29) is 0 Å². The van der Waals surface area contributed by atoms with Gasteiger partial charge in [-0.05, 0) is 56.4 Å². The molecule has 3 heterocycles. The van der Waals surface area contributed by atoms with E-state index >= 15 is 0 Å². The van der Waals surface area contributed by atoms with Crippen molar-refractivity contribution >= 4 is 22.8 Å². The topological polar surface area (TPSA) is 87.9 Å². The number of imidazole rings is 1. The molecule has 0 radical (unpaired) electrons. The number of aryl methyl sites for hydroxylation is 2. The number of hydrogen-bond donors (Lipinski definition) is 2. The number of pyridine rings is 1. The van der Waals surface area contributed by atoms with Gasteiger partial charge in [0.2, 0.25) is 0 Å². The lowest BCUT2D eigenvalue weighted by Gasteiger charge is -2.34. The summed E-state index contributed by atoms with van der Waals surface area (Å²) < 4.78 is 0. The number of nitrogens with zero attached hydrogens (tertiary/aromatic N) is 3. The minimum Gasteiger partial charge on any atom is -0.365 e. The van der Waals surface area contributed by atoms with E-state index in [1.807, 2.05) is 38.1 Å². The van der Waals surface area contributed by atoms with Crippen LogP contribution in [0.5, 0.6) is 0 Å². The van der Waals surface area contributed by atoms with E-state index in [2.05, 4.69) is 16.0 Å². The van der Waals surface area contributed by atoms with Crippen LogP contribution in [-0.4, -0.2) is 33.9 Å². The van der Waals surface area contributed by atoms with Crippen molar-refractivity contribution < 1.29 is 4.79 Å². The molecule has 1 aliphatic heterocycles. The first kappa shape index (κ1) is 17.5. The number of aromatic nitrogens is 3. The Hall–Kier alpha value is -2.89. The lowest BCUT2D eigenvalue weighted by molar-refractivity contribution is 0.1000. The molecule has 2 aromatic heterocycles. The molecule has 6 heteroatoms. The fraction of sp³-hybridized carbons (Fsp3) is 0.381. The monoisotopic (exact) mass is 363 g/mol. The van der Waals surface area contributed by atoms with Crippen molar-refractivity contribution in [2.45, 2.75) is 33.1 Å². The summed E-state index contributed by atoms with van der Waals surface area (Å²) >= 11 is 0. The zero-order valence-corrected chi connectivity index (χ0v) is 15.8. The van der Waals surface area contributed by atoms with Crippen LogP contribution < -0.4 is 10.6 Å². The van der Waals surface area contributed by atoms with E-state index < -0.39 is 5.91 Å². The van der Waals surface area contributed by atoms with Crippen LogP contribution in [0.15, 0.2) is 30.3 Å². The number of rotatable bonds is 4. The number of H-pyrrole nitrogens is 1. The van der Waals surface area contributed by atoms with Gasteiger partial charge in [-0.15, -0.1) is 0 Å². The molecule has 0 saturated carbocycles. The molecule has 140 valence electrons. The number of primary amides is 1. The highest BCUT2D eigenvalue weighted by molar-refractivity contribution is 5.98. The Morgan fingerprint density at radius 3 is 2.89 bits per heavy atom. The number of benzene rings is 1. The van der Waals surface area contributed by atoms with Gasteiger partial charge in [0, 0.05) is 25.2 Å². The van der Waals surface area contributed by atoms with Gasteiger partial charge in [-0.1, -0.05) is 12.1 Å². The van der Waals surface area contributed by atoms with E-state index in [0.29, 0.717) is 11.5 Å². The summed E-state index contributed by atoms with van der Waals surface area (Å²) in [5.74, 6) is 1.79. The fourth-order valence-corrected chi connectivity index (χ4v) is 3.91. The van der Waals surface area contributed by atoms with Gasteiger partial charge in [-0.3, -0.25) is 4.79 Å². The normalized spacial score (nSPS) is 17.4. The van der Waals surface area contributed by atoms with Gasteiger partial charge < -0.3 is 15.6 Å². The predicted octanol–water partition coefficient (Wildman–Crippen LogP) is 3.13. The molecule has 3 aromatic rings. The molecule has 6 nitrogen and oxygen atoms in total. The summed E-state index contributed by atoms with van der Waals surface area (Å²) in [6.45, 7) is 5.68. The summed E-state index contributed by atoms with van der Waals surface area (Å²) in [4.78, 5) is 27.0. The number of nitrogens with one attached hydrogen (secondary N) is 1. The molecule has 0 spiro atoms. The fourth-order valence-electron chi connectivity index (χ4n) is 3.91. The second kappa shape index (κ2) is 7.02. The molecular weight excluding hydrogens is 338 g/mol. The van der Waals surface area contributed by atoms with Crippen LogP contribution in [0.2, 0.25) is 0 Å². The summed E-state index contributed by atoms with van der Waals surface area (Å²) in [6, 6.07) is 9.97. The third-order valence-corrected chi connectivity index (χ3v) is 5.45. The largest absolute Gasteiger partial charge is 0.365 e. The van der Waals surface area contributed by atoms with Gasteiger partial charge in [0.15, 0.2) is 0 Å². The van der Waals surface area contributed by atoms with E-state index in [4.69, 9.17) is 15.7 Å². The molecule has 3 N–H and O–H groups in total. The van der Waals surface area contributed by atoms with E-state index in [9.17, 15) is 4.79 Å². The third kappa shape index (κ3) is 3.52. The standard InChI is InChI=1S/C21H25N5O/c1-13-10-16(20(22)27)21(23-14(13)2)26-9-5-6-15(12-26)11-19-24-17-7-3-4-8-18(17)25-19/h3-4,7-8,10,15H,5-6,9,11-12H2,1-2H3,(H2,22,27)(H,24,25). The summed E-state index contributed by atoms with van der Waals surface area (Å²) in [6.07, 6.45) is 3.10. The van der Waals surface area contributed by atoms with Gasteiger partial charge in [-0.2, -0.15) is 0 Å². The van der Waals surface area contributed by atoms with Crippen LogP contribution in [-0.2, 0) is 6.42 Å². The number of fused-ring (bicyclic) bond motifs is 1.